The topological polar surface area (TPSA) is 68.5 Å². The molecule has 2 aromatic carbocycles. The zero-order chi connectivity index (χ0) is 22.1. The van der Waals surface area contributed by atoms with Crippen LogP contribution >= 0.6 is 15.9 Å². The molecule has 0 atom stereocenters. The second-order valence-corrected chi connectivity index (χ2v) is 8.54. The van der Waals surface area contributed by atoms with Gasteiger partial charge in [-0.1, -0.05) is 15.9 Å². The van der Waals surface area contributed by atoms with Crippen molar-refractivity contribution in [2.24, 2.45) is 0 Å². The summed E-state index contributed by atoms with van der Waals surface area (Å²) in [6, 6.07) is 9.33. The third kappa shape index (κ3) is 3.84. The van der Waals surface area contributed by atoms with Crippen LogP contribution < -0.4 is 20.6 Å². The Bertz CT molecular complexity index is 1190. The Kier molecular flexibility index (Phi) is 6.09. The molecule has 1 N–H and O–H groups in total. The number of nitrogens with one attached hydrogen (secondary N) is 1. The Hall–Kier alpha value is -2.74. The highest BCUT2D eigenvalue weighted by molar-refractivity contribution is 9.10. The number of benzene rings is 2. The third-order valence-electron chi connectivity index (χ3n) is 5.87. The van der Waals surface area contributed by atoms with Gasteiger partial charge in [0.15, 0.2) is 0 Å². The highest BCUT2D eigenvalue weighted by Gasteiger charge is 2.22. The van der Waals surface area contributed by atoms with E-state index in [9.17, 15) is 9.59 Å². The quantitative estimate of drug-likeness (QED) is 0.558. The second kappa shape index (κ2) is 8.78. The minimum atomic E-state index is -0.252. The first-order valence-electron chi connectivity index (χ1n) is 10.6. The fraction of sp³-hybridized carbons (Fsp3) is 0.391. The molecule has 1 aliphatic rings. The van der Waals surface area contributed by atoms with Crippen molar-refractivity contribution in [3.8, 4) is 5.75 Å². The van der Waals surface area contributed by atoms with Crippen molar-refractivity contribution in [3.63, 3.8) is 0 Å². The van der Waals surface area contributed by atoms with Gasteiger partial charge in [-0.3, -0.25) is 13.9 Å². The zero-order valence-corrected chi connectivity index (χ0v) is 19.7. The van der Waals surface area contributed by atoms with Crippen molar-refractivity contribution in [1.29, 1.82) is 0 Å². The predicted molar refractivity (Wildman–Crippen MR) is 128 cm³/mol. The summed E-state index contributed by atoms with van der Waals surface area (Å²) in [5.41, 5.74) is 3.80. The number of amides is 1. The molecule has 1 saturated heterocycles. The molecule has 0 spiro atoms. The van der Waals surface area contributed by atoms with E-state index in [1.54, 1.807) is 28.4 Å². The number of fused-ring (bicyclic) bond motifs is 1. The number of carbonyl (C=O) groups is 1. The Morgan fingerprint density at radius 1 is 1.06 bits per heavy atom. The number of aromatic nitrogens is 2. The van der Waals surface area contributed by atoms with Gasteiger partial charge in [-0.2, -0.15) is 0 Å². The fourth-order valence-corrected chi connectivity index (χ4v) is 4.69. The summed E-state index contributed by atoms with van der Waals surface area (Å²) in [4.78, 5) is 28.4. The average molecular weight is 487 g/mol. The van der Waals surface area contributed by atoms with E-state index < -0.39 is 0 Å². The summed E-state index contributed by atoms with van der Waals surface area (Å²) in [5.74, 6) is 0.255. The van der Waals surface area contributed by atoms with E-state index in [-0.39, 0.29) is 11.6 Å². The van der Waals surface area contributed by atoms with Crippen LogP contribution in [0.4, 0.5) is 11.4 Å². The highest BCUT2D eigenvalue weighted by Crippen LogP contribution is 2.34. The van der Waals surface area contributed by atoms with E-state index in [1.165, 1.54) is 0 Å². The second-order valence-electron chi connectivity index (χ2n) is 7.62. The Balaban J connectivity index is 1.86. The fourth-order valence-electron chi connectivity index (χ4n) is 4.33. The van der Waals surface area contributed by atoms with Crippen LogP contribution in [-0.2, 0) is 13.1 Å². The molecule has 7 nitrogen and oxygen atoms in total. The number of hydrogen-bond donors (Lipinski definition) is 1. The summed E-state index contributed by atoms with van der Waals surface area (Å²) in [6.45, 7) is 6.96. The van der Waals surface area contributed by atoms with E-state index in [4.69, 9.17) is 4.74 Å². The minimum Gasteiger partial charge on any atom is -0.496 e. The van der Waals surface area contributed by atoms with Gasteiger partial charge in [-0.15, -0.1) is 0 Å². The summed E-state index contributed by atoms with van der Waals surface area (Å²) < 4.78 is 9.73. The molecule has 1 fully saturated rings. The number of anilines is 2. The number of hydrogen-bond acceptors (Lipinski definition) is 4. The number of carbonyl (C=O) groups excluding carboxylic acids is 1. The van der Waals surface area contributed by atoms with E-state index in [0.29, 0.717) is 30.1 Å². The van der Waals surface area contributed by atoms with Gasteiger partial charge >= 0.3 is 5.69 Å². The molecule has 1 aliphatic heterocycles. The molecule has 0 aliphatic carbocycles. The number of halogens is 1. The van der Waals surface area contributed by atoms with Crippen molar-refractivity contribution in [1.82, 2.24) is 9.13 Å². The number of aryl methyl sites for hydroxylation is 2. The predicted octanol–water partition coefficient (Wildman–Crippen LogP) is 4.47. The molecular formula is C23H27BrN4O3. The zero-order valence-electron chi connectivity index (χ0n) is 18.1. The van der Waals surface area contributed by atoms with Crippen LogP contribution in [-0.4, -0.2) is 35.2 Å². The molecule has 2 heterocycles. The van der Waals surface area contributed by atoms with Gasteiger partial charge in [0.05, 0.1) is 35.1 Å². The monoisotopic (exact) mass is 486 g/mol. The number of methoxy groups -OCH3 is 1. The van der Waals surface area contributed by atoms with Crippen LogP contribution in [0.15, 0.2) is 39.6 Å². The Morgan fingerprint density at radius 3 is 2.32 bits per heavy atom. The standard InChI is InChI=1S/C23H27BrN4O3/c1-4-27-19-13-17(25-22(29)16-12-15(24)8-9-21(16)31-3)18(26-10-6-7-11-26)14-20(19)28(5-2)23(27)30/h8-9,12-14H,4-7,10-11H2,1-3H3,(H,25,29). The largest absolute Gasteiger partial charge is 0.496 e. The van der Waals surface area contributed by atoms with Gasteiger partial charge in [0.25, 0.3) is 5.91 Å². The lowest BCUT2D eigenvalue weighted by Gasteiger charge is -2.22. The van der Waals surface area contributed by atoms with E-state index in [1.807, 2.05) is 32.0 Å². The van der Waals surface area contributed by atoms with Crippen molar-refractivity contribution in [3.05, 3.63) is 50.9 Å². The first kappa shape index (κ1) is 21.5. The van der Waals surface area contributed by atoms with E-state index >= 15 is 0 Å². The molecular weight excluding hydrogens is 460 g/mol. The first-order valence-corrected chi connectivity index (χ1v) is 11.4. The molecule has 0 unspecified atom stereocenters. The first-order chi connectivity index (χ1) is 15.0. The van der Waals surface area contributed by atoms with Crippen molar-refractivity contribution in [2.45, 2.75) is 39.8 Å². The normalized spacial score (nSPS) is 13.7. The van der Waals surface area contributed by atoms with Gasteiger partial charge in [0, 0.05) is 30.7 Å². The lowest BCUT2D eigenvalue weighted by atomic mass is 10.1. The molecule has 3 aromatic rings. The van der Waals surface area contributed by atoms with Crippen LogP contribution in [0.3, 0.4) is 0 Å². The van der Waals surface area contributed by atoms with Crippen LogP contribution in [0.1, 0.15) is 37.0 Å². The van der Waals surface area contributed by atoms with Gasteiger partial charge in [0.1, 0.15) is 5.75 Å². The molecule has 0 radical (unpaired) electrons. The Labute approximate surface area is 189 Å². The number of ether oxygens (including phenoxy) is 1. The molecule has 164 valence electrons. The highest BCUT2D eigenvalue weighted by atomic mass is 79.9. The number of imidazole rings is 1. The molecule has 1 amide bonds. The van der Waals surface area contributed by atoms with Gasteiger partial charge in [-0.25, -0.2) is 4.79 Å². The van der Waals surface area contributed by atoms with Crippen LogP contribution in [0.25, 0.3) is 11.0 Å². The lowest BCUT2D eigenvalue weighted by molar-refractivity contribution is 0.102. The maximum Gasteiger partial charge on any atom is 0.329 e. The van der Waals surface area contributed by atoms with Gasteiger partial charge in [-0.05, 0) is 57.0 Å². The number of nitrogens with zero attached hydrogens (tertiary/aromatic N) is 3. The third-order valence-corrected chi connectivity index (χ3v) is 6.36. The molecule has 4 rings (SSSR count). The SMILES string of the molecule is CCn1c(=O)n(CC)c2cc(N3CCCC3)c(NC(=O)c3cc(Br)ccc3OC)cc21. The smallest absolute Gasteiger partial charge is 0.329 e. The summed E-state index contributed by atoms with van der Waals surface area (Å²) in [6.07, 6.45) is 2.23. The molecule has 0 saturated carbocycles. The molecule has 1 aromatic heterocycles. The average Bonchev–Trinajstić information content (AvgIpc) is 3.38. The van der Waals surface area contributed by atoms with Gasteiger partial charge in [0.2, 0.25) is 0 Å². The molecule has 8 heteroatoms. The molecule has 0 bridgehead atoms. The minimum absolute atomic E-state index is 0.0236. The van der Waals surface area contributed by atoms with Crippen molar-refractivity contribution < 1.29 is 9.53 Å². The van der Waals surface area contributed by atoms with Crippen molar-refractivity contribution in [2.75, 3.05) is 30.4 Å². The maximum atomic E-state index is 13.2. The Morgan fingerprint density at radius 2 is 1.71 bits per heavy atom. The van der Waals surface area contributed by atoms with Crippen LogP contribution in [0, 0.1) is 0 Å². The summed E-state index contributed by atoms with van der Waals surface area (Å²) >= 11 is 3.43. The van der Waals surface area contributed by atoms with Gasteiger partial charge < -0.3 is 15.0 Å². The van der Waals surface area contributed by atoms with E-state index in [2.05, 4.69) is 26.1 Å². The lowest BCUT2D eigenvalue weighted by Crippen LogP contribution is -2.23. The maximum absolute atomic E-state index is 13.2. The van der Waals surface area contributed by atoms with Crippen LogP contribution in [0.5, 0.6) is 5.75 Å². The van der Waals surface area contributed by atoms with E-state index in [0.717, 1.165) is 47.1 Å². The van der Waals surface area contributed by atoms with Crippen molar-refractivity contribution >= 4 is 44.2 Å². The number of rotatable bonds is 6. The summed E-state index contributed by atoms with van der Waals surface area (Å²) in [7, 11) is 1.55. The van der Waals surface area contributed by atoms with Crippen LogP contribution in [0.2, 0.25) is 0 Å². The molecule has 31 heavy (non-hydrogen) atoms. The summed E-state index contributed by atoms with van der Waals surface area (Å²) in [5, 5.41) is 3.09.